The molecule has 1 aromatic carbocycles. The van der Waals surface area contributed by atoms with Gasteiger partial charge in [-0.15, -0.1) is 0 Å². The van der Waals surface area contributed by atoms with Gasteiger partial charge in [-0.3, -0.25) is 14.6 Å². The second-order valence-corrected chi connectivity index (χ2v) is 7.20. The third-order valence-corrected chi connectivity index (χ3v) is 5.37. The fourth-order valence-corrected chi connectivity index (χ4v) is 3.66. The van der Waals surface area contributed by atoms with Gasteiger partial charge in [0, 0.05) is 36.5 Å². The van der Waals surface area contributed by atoms with Crippen molar-refractivity contribution in [1.29, 1.82) is 0 Å². The molecule has 0 aliphatic carbocycles. The van der Waals surface area contributed by atoms with Crippen molar-refractivity contribution in [3.05, 3.63) is 64.4 Å². The third-order valence-electron chi connectivity index (χ3n) is 5.00. The molecule has 0 saturated carbocycles. The van der Waals surface area contributed by atoms with Gasteiger partial charge in [-0.25, -0.2) is 0 Å². The monoisotopic (exact) mass is 385 g/mol. The Kier molecular flexibility index (Phi) is 6.45. The van der Waals surface area contributed by atoms with Crippen molar-refractivity contribution in [3.8, 4) is 0 Å². The van der Waals surface area contributed by atoms with Crippen LogP contribution in [0.2, 0.25) is 5.02 Å². The van der Waals surface area contributed by atoms with E-state index >= 15 is 0 Å². The number of carbonyl (C=O) groups excluding carboxylic acids is 2. The van der Waals surface area contributed by atoms with Crippen LogP contribution in [-0.2, 0) is 6.54 Å². The van der Waals surface area contributed by atoms with Crippen molar-refractivity contribution in [2.45, 2.75) is 45.2 Å². The first kappa shape index (κ1) is 19.4. The first-order valence-corrected chi connectivity index (χ1v) is 9.75. The van der Waals surface area contributed by atoms with Crippen molar-refractivity contribution >= 4 is 23.4 Å². The van der Waals surface area contributed by atoms with E-state index in [0.717, 1.165) is 37.8 Å². The summed E-state index contributed by atoms with van der Waals surface area (Å²) in [6.45, 7) is 3.19. The minimum Gasteiger partial charge on any atom is -0.348 e. The van der Waals surface area contributed by atoms with Crippen molar-refractivity contribution in [2.75, 3.05) is 6.54 Å². The topological polar surface area (TPSA) is 62.3 Å². The lowest BCUT2D eigenvalue weighted by Crippen LogP contribution is -2.43. The molecule has 2 amide bonds. The van der Waals surface area contributed by atoms with Gasteiger partial charge in [-0.1, -0.05) is 36.7 Å². The molecule has 27 heavy (non-hydrogen) atoms. The molecule has 1 aromatic heterocycles. The zero-order valence-corrected chi connectivity index (χ0v) is 16.2. The molecular formula is C21H24ClN3O2. The van der Waals surface area contributed by atoms with E-state index in [1.807, 2.05) is 23.1 Å². The molecule has 1 unspecified atom stereocenters. The maximum atomic E-state index is 12.9. The lowest BCUT2D eigenvalue weighted by atomic mass is 9.99. The van der Waals surface area contributed by atoms with Gasteiger partial charge in [0.2, 0.25) is 0 Å². The highest BCUT2D eigenvalue weighted by Crippen LogP contribution is 2.22. The number of hydrogen-bond donors (Lipinski definition) is 1. The van der Waals surface area contributed by atoms with Gasteiger partial charge in [-0.05, 0) is 43.4 Å². The standard InChI is InChI=1S/C21H24ClN3O2/c1-2-18-8-5-6-10-25(18)21(27)17-11-16(12-23-13-17)20(26)24-14-15-7-3-4-9-19(15)22/h3-4,7,9,11-13,18H,2,5-6,8,10,14H2,1H3,(H,24,26). The lowest BCUT2D eigenvalue weighted by molar-refractivity contribution is 0.0607. The summed E-state index contributed by atoms with van der Waals surface area (Å²) in [6.07, 6.45) is 7.17. The molecule has 142 valence electrons. The van der Waals surface area contributed by atoms with E-state index in [1.54, 1.807) is 12.1 Å². The van der Waals surface area contributed by atoms with Crippen LogP contribution >= 0.6 is 11.6 Å². The number of nitrogens with zero attached hydrogens (tertiary/aromatic N) is 2. The van der Waals surface area contributed by atoms with Crippen molar-refractivity contribution in [3.63, 3.8) is 0 Å². The molecule has 3 rings (SSSR count). The van der Waals surface area contributed by atoms with Gasteiger partial charge < -0.3 is 10.2 Å². The fourth-order valence-electron chi connectivity index (χ4n) is 3.46. The smallest absolute Gasteiger partial charge is 0.255 e. The molecule has 1 atom stereocenters. The van der Waals surface area contributed by atoms with Crippen LogP contribution in [0.3, 0.4) is 0 Å². The number of halogens is 1. The molecule has 0 bridgehead atoms. The van der Waals surface area contributed by atoms with E-state index in [0.29, 0.717) is 22.7 Å². The number of pyridine rings is 1. The Morgan fingerprint density at radius 1 is 1.22 bits per heavy atom. The summed E-state index contributed by atoms with van der Waals surface area (Å²) in [6, 6.07) is 9.25. The van der Waals surface area contributed by atoms with Crippen LogP contribution in [0.25, 0.3) is 0 Å². The molecule has 0 radical (unpaired) electrons. The first-order chi connectivity index (χ1) is 13.1. The van der Waals surface area contributed by atoms with Gasteiger partial charge >= 0.3 is 0 Å². The molecule has 1 N–H and O–H groups in total. The predicted octanol–water partition coefficient (Wildman–Crippen LogP) is 4.07. The van der Waals surface area contributed by atoms with Crippen molar-refractivity contribution < 1.29 is 9.59 Å². The maximum Gasteiger partial charge on any atom is 0.255 e. The van der Waals surface area contributed by atoms with Crippen LogP contribution in [0.15, 0.2) is 42.7 Å². The SMILES string of the molecule is CCC1CCCCN1C(=O)c1cncc(C(=O)NCc2ccccc2Cl)c1. The van der Waals surface area contributed by atoms with Gasteiger partial charge in [-0.2, -0.15) is 0 Å². The number of likely N-dealkylation sites (tertiary alicyclic amines) is 1. The second kappa shape index (κ2) is 9.00. The Balaban J connectivity index is 1.70. The highest BCUT2D eigenvalue weighted by molar-refractivity contribution is 6.31. The average molecular weight is 386 g/mol. The van der Waals surface area contributed by atoms with Crippen LogP contribution in [0.1, 0.15) is 58.9 Å². The zero-order chi connectivity index (χ0) is 19.2. The van der Waals surface area contributed by atoms with Gasteiger partial charge in [0.1, 0.15) is 0 Å². The van der Waals surface area contributed by atoms with E-state index in [-0.39, 0.29) is 17.9 Å². The van der Waals surface area contributed by atoms with Crippen molar-refractivity contribution in [2.24, 2.45) is 0 Å². The molecule has 1 aliphatic heterocycles. The van der Waals surface area contributed by atoms with Gasteiger partial charge in [0.15, 0.2) is 0 Å². The van der Waals surface area contributed by atoms with E-state index in [2.05, 4.69) is 17.2 Å². The summed E-state index contributed by atoms with van der Waals surface area (Å²) >= 11 is 6.12. The Hall–Kier alpha value is -2.40. The summed E-state index contributed by atoms with van der Waals surface area (Å²) in [5, 5.41) is 3.44. The van der Waals surface area contributed by atoms with Crippen molar-refractivity contribution in [1.82, 2.24) is 15.2 Å². The highest BCUT2D eigenvalue weighted by atomic mass is 35.5. The minimum absolute atomic E-state index is 0.0465. The number of carbonyl (C=O) groups is 2. The number of piperidine rings is 1. The highest BCUT2D eigenvalue weighted by Gasteiger charge is 2.26. The number of rotatable bonds is 5. The van der Waals surface area contributed by atoms with Crippen LogP contribution in [0.4, 0.5) is 0 Å². The molecule has 0 spiro atoms. The third kappa shape index (κ3) is 4.66. The summed E-state index contributed by atoms with van der Waals surface area (Å²) in [5.41, 5.74) is 1.67. The largest absolute Gasteiger partial charge is 0.348 e. The Labute approximate surface area is 164 Å². The predicted molar refractivity (Wildman–Crippen MR) is 106 cm³/mol. The summed E-state index contributed by atoms with van der Waals surface area (Å²) < 4.78 is 0. The van der Waals surface area contributed by atoms with E-state index in [1.165, 1.54) is 12.4 Å². The van der Waals surface area contributed by atoms with E-state index < -0.39 is 0 Å². The number of nitrogens with one attached hydrogen (secondary N) is 1. The van der Waals surface area contributed by atoms with Crippen LogP contribution in [0.5, 0.6) is 0 Å². The van der Waals surface area contributed by atoms with Crippen LogP contribution in [-0.4, -0.2) is 34.3 Å². The molecule has 1 aliphatic rings. The molecule has 2 heterocycles. The van der Waals surface area contributed by atoms with Crippen LogP contribution in [0, 0.1) is 0 Å². The Bertz CT molecular complexity index is 825. The molecule has 1 saturated heterocycles. The molecule has 2 aromatic rings. The second-order valence-electron chi connectivity index (χ2n) is 6.79. The quantitative estimate of drug-likeness (QED) is 0.843. The number of benzene rings is 1. The van der Waals surface area contributed by atoms with E-state index in [9.17, 15) is 9.59 Å². The minimum atomic E-state index is -0.275. The molecule has 5 nitrogen and oxygen atoms in total. The molecule has 1 fully saturated rings. The molecule has 6 heteroatoms. The number of amides is 2. The van der Waals surface area contributed by atoms with Gasteiger partial charge in [0.25, 0.3) is 11.8 Å². The fraction of sp³-hybridized carbons (Fsp3) is 0.381. The number of aromatic nitrogens is 1. The first-order valence-electron chi connectivity index (χ1n) is 9.37. The average Bonchev–Trinajstić information content (AvgIpc) is 2.72. The van der Waals surface area contributed by atoms with Gasteiger partial charge in [0.05, 0.1) is 11.1 Å². The summed E-state index contributed by atoms with van der Waals surface area (Å²) in [7, 11) is 0. The summed E-state index contributed by atoms with van der Waals surface area (Å²) in [5.74, 6) is -0.322. The zero-order valence-electron chi connectivity index (χ0n) is 15.5. The molecular weight excluding hydrogens is 362 g/mol. The maximum absolute atomic E-state index is 12.9. The summed E-state index contributed by atoms with van der Waals surface area (Å²) in [4.78, 5) is 31.4. The Morgan fingerprint density at radius 2 is 2.00 bits per heavy atom. The normalized spacial score (nSPS) is 16.8. The number of hydrogen-bond acceptors (Lipinski definition) is 3. The lowest BCUT2D eigenvalue weighted by Gasteiger charge is -2.35. The van der Waals surface area contributed by atoms with E-state index in [4.69, 9.17) is 11.6 Å². The van der Waals surface area contributed by atoms with Crippen LogP contribution < -0.4 is 5.32 Å². The Morgan fingerprint density at radius 3 is 2.78 bits per heavy atom.